The number of halogens is 2. The van der Waals surface area contributed by atoms with E-state index in [1.165, 1.54) is 0 Å². The lowest BCUT2D eigenvalue weighted by molar-refractivity contribution is -0.125. The molecule has 2 fully saturated rings. The molecule has 6 nitrogen and oxygen atoms in total. The first kappa shape index (κ1) is 22.0. The van der Waals surface area contributed by atoms with Gasteiger partial charge in [-0.15, -0.1) is 31.4 Å². The second-order valence-corrected chi connectivity index (χ2v) is 6.69. The van der Waals surface area contributed by atoms with Gasteiger partial charge in [-0.2, -0.15) is 5.10 Å². The fraction of sp³-hybridized carbons (Fsp3) is 0.647. The molecule has 142 valence electrons. The van der Waals surface area contributed by atoms with Gasteiger partial charge in [0, 0.05) is 57.9 Å². The summed E-state index contributed by atoms with van der Waals surface area (Å²) in [5.41, 5.74) is 1.15. The molecular formula is C17H29Cl2N5O. The molecule has 3 heterocycles. The van der Waals surface area contributed by atoms with Crippen LogP contribution in [0.3, 0.4) is 0 Å². The van der Waals surface area contributed by atoms with Crippen molar-refractivity contribution >= 4 is 30.7 Å². The molecule has 0 unspecified atom stereocenters. The van der Waals surface area contributed by atoms with Crippen LogP contribution < -0.4 is 10.6 Å². The summed E-state index contributed by atoms with van der Waals surface area (Å²) in [5, 5.41) is 10.9. The number of aryl methyl sites for hydroxylation is 1. The van der Waals surface area contributed by atoms with Crippen molar-refractivity contribution < 1.29 is 4.79 Å². The second-order valence-electron chi connectivity index (χ2n) is 6.69. The first-order valence-electron chi connectivity index (χ1n) is 8.50. The highest BCUT2D eigenvalue weighted by atomic mass is 35.5. The van der Waals surface area contributed by atoms with Crippen molar-refractivity contribution in [3.05, 3.63) is 30.6 Å². The normalized spacial score (nSPS) is 24.2. The zero-order valence-corrected chi connectivity index (χ0v) is 16.3. The SMILES string of the molecule is C=CCN1CCC(NC(=O)[C@H]2CNC[C@@H]2c2cnn(C)c2)CC1.Cl.Cl. The number of likely N-dealkylation sites (tertiary alicyclic amines) is 1. The summed E-state index contributed by atoms with van der Waals surface area (Å²) in [6, 6.07) is 0.304. The Balaban J connectivity index is 0.00000156. The van der Waals surface area contributed by atoms with Gasteiger partial charge in [-0.1, -0.05) is 6.08 Å². The lowest BCUT2D eigenvalue weighted by Crippen LogP contribution is -2.47. The maximum absolute atomic E-state index is 12.7. The van der Waals surface area contributed by atoms with E-state index in [1.54, 1.807) is 4.68 Å². The minimum Gasteiger partial charge on any atom is -0.353 e. The van der Waals surface area contributed by atoms with E-state index in [0.29, 0.717) is 6.04 Å². The lowest BCUT2D eigenvalue weighted by atomic mass is 9.89. The predicted octanol–water partition coefficient (Wildman–Crippen LogP) is 1.33. The Morgan fingerprint density at radius 2 is 2.12 bits per heavy atom. The molecule has 0 bridgehead atoms. The zero-order valence-electron chi connectivity index (χ0n) is 14.7. The second kappa shape index (κ2) is 10.2. The first-order valence-corrected chi connectivity index (χ1v) is 8.50. The smallest absolute Gasteiger partial charge is 0.225 e. The zero-order chi connectivity index (χ0) is 16.2. The summed E-state index contributed by atoms with van der Waals surface area (Å²) in [7, 11) is 1.91. The third-order valence-electron chi connectivity index (χ3n) is 5.03. The highest BCUT2D eigenvalue weighted by Gasteiger charge is 2.35. The minimum absolute atomic E-state index is 0. The summed E-state index contributed by atoms with van der Waals surface area (Å²) in [4.78, 5) is 15.1. The molecule has 2 saturated heterocycles. The van der Waals surface area contributed by atoms with Gasteiger partial charge in [-0.25, -0.2) is 0 Å². The third-order valence-corrected chi connectivity index (χ3v) is 5.03. The van der Waals surface area contributed by atoms with Crippen LogP contribution in [0, 0.1) is 5.92 Å². The summed E-state index contributed by atoms with van der Waals surface area (Å²) in [6.07, 6.45) is 7.90. The number of nitrogens with zero attached hydrogens (tertiary/aromatic N) is 3. The van der Waals surface area contributed by atoms with Gasteiger partial charge in [0.1, 0.15) is 0 Å². The van der Waals surface area contributed by atoms with E-state index in [1.807, 2.05) is 25.5 Å². The predicted molar refractivity (Wildman–Crippen MR) is 105 cm³/mol. The Morgan fingerprint density at radius 1 is 1.40 bits per heavy atom. The van der Waals surface area contributed by atoms with Gasteiger partial charge in [-0.3, -0.25) is 14.4 Å². The van der Waals surface area contributed by atoms with Crippen molar-refractivity contribution in [1.82, 2.24) is 25.3 Å². The number of rotatable bonds is 5. The first-order chi connectivity index (χ1) is 11.2. The van der Waals surface area contributed by atoms with E-state index >= 15 is 0 Å². The van der Waals surface area contributed by atoms with Crippen LogP contribution >= 0.6 is 24.8 Å². The molecule has 1 aromatic heterocycles. The molecule has 25 heavy (non-hydrogen) atoms. The van der Waals surface area contributed by atoms with Gasteiger partial charge >= 0.3 is 0 Å². The molecule has 0 aromatic carbocycles. The average Bonchev–Trinajstić information content (AvgIpc) is 3.18. The van der Waals surface area contributed by atoms with E-state index in [-0.39, 0.29) is 42.6 Å². The Labute approximate surface area is 162 Å². The summed E-state index contributed by atoms with van der Waals surface area (Å²) < 4.78 is 1.80. The standard InChI is InChI=1S/C17H27N5O.2ClH/c1-3-6-22-7-4-14(5-8-22)20-17(23)16-11-18-10-15(16)13-9-19-21(2)12-13;;/h3,9,12,14-16,18H,1,4-8,10-11H2,2H3,(H,20,23);2*1H/t15-,16+;;/m1../s1. The largest absolute Gasteiger partial charge is 0.353 e. The number of amides is 1. The lowest BCUT2D eigenvalue weighted by Gasteiger charge is -2.32. The molecule has 2 N–H and O–H groups in total. The quantitative estimate of drug-likeness (QED) is 0.745. The Bertz CT molecular complexity index is 557. The minimum atomic E-state index is 0. The molecule has 0 aliphatic carbocycles. The van der Waals surface area contributed by atoms with Crippen molar-refractivity contribution in [2.45, 2.75) is 24.8 Å². The van der Waals surface area contributed by atoms with Crippen molar-refractivity contribution in [2.75, 3.05) is 32.7 Å². The van der Waals surface area contributed by atoms with Crippen LogP contribution in [0.15, 0.2) is 25.0 Å². The number of carbonyl (C=O) groups excluding carboxylic acids is 1. The van der Waals surface area contributed by atoms with Crippen molar-refractivity contribution in [2.24, 2.45) is 13.0 Å². The Morgan fingerprint density at radius 3 is 2.72 bits per heavy atom. The molecule has 3 rings (SSSR count). The summed E-state index contributed by atoms with van der Waals surface area (Å²) in [5.74, 6) is 0.418. The van der Waals surface area contributed by atoms with Crippen LogP contribution in [-0.4, -0.2) is 59.4 Å². The molecule has 0 saturated carbocycles. The molecule has 2 aliphatic rings. The highest BCUT2D eigenvalue weighted by molar-refractivity contribution is 5.85. The number of nitrogens with one attached hydrogen (secondary N) is 2. The van der Waals surface area contributed by atoms with E-state index < -0.39 is 0 Å². The van der Waals surface area contributed by atoms with Crippen molar-refractivity contribution in [3.8, 4) is 0 Å². The summed E-state index contributed by atoms with van der Waals surface area (Å²) in [6.45, 7) is 8.40. The van der Waals surface area contributed by atoms with Crippen LogP contribution in [0.2, 0.25) is 0 Å². The fourth-order valence-electron chi connectivity index (χ4n) is 3.69. The molecule has 0 spiro atoms. The molecule has 8 heteroatoms. The van der Waals surface area contributed by atoms with Gasteiger partial charge in [0.2, 0.25) is 5.91 Å². The van der Waals surface area contributed by atoms with E-state index in [0.717, 1.165) is 51.1 Å². The van der Waals surface area contributed by atoms with Gasteiger partial charge < -0.3 is 10.6 Å². The average molecular weight is 390 g/mol. The Hall–Kier alpha value is -1.08. The molecular weight excluding hydrogens is 361 g/mol. The molecule has 1 amide bonds. The van der Waals surface area contributed by atoms with Crippen molar-refractivity contribution in [1.29, 1.82) is 0 Å². The third kappa shape index (κ3) is 5.45. The number of hydrogen-bond acceptors (Lipinski definition) is 4. The van der Waals surface area contributed by atoms with Gasteiger partial charge in [-0.05, 0) is 18.4 Å². The van der Waals surface area contributed by atoms with Crippen LogP contribution in [0.1, 0.15) is 24.3 Å². The van der Waals surface area contributed by atoms with Crippen LogP contribution in [0.4, 0.5) is 0 Å². The molecule has 2 aliphatic heterocycles. The van der Waals surface area contributed by atoms with Gasteiger partial charge in [0.25, 0.3) is 0 Å². The molecule has 0 radical (unpaired) electrons. The van der Waals surface area contributed by atoms with Gasteiger partial charge in [0.05, 0.1) is 12.1 Å². The van der Waals surface area contributed by atoms with Crippen LogP contribution in [0.25, 0.3) is 0 Å². The maximum atomic E-state index is 12.7. The van der Waals surface area contributed by atoms with Crippen molar-refractivity contribution in [3.63, 3.8) is 0 Å². The van der Waals surface area contributed by atoms with Gasteiger partial charge in [0.15, 0.2) is 0 Å². The van der Waals surface area contributed by atoms with E-state index in [2.05, 4.69) is 27.2 Å². The number of carbonyl (C=O) groups is 1. The van der Waals surface area contributed by atoms with E-state index in [9.17, 15) is 4.79 Å². The van der Waals surface area contributed by atoms with Crippen LogP contribution in [0.5, 0.6) is 0 Å². The topological polar surface area (TPSA) is 62.2 Å². The van der Waals surface area contributed by atoms with E-state index in [4.69, 9.17) is 0 Å². The number of aromatic nitrogens is 2. The summed E-state index contributed by atoms with van der Waals surface area (Å²) >= 11 is 0. The Kier molecular flexibility index (Phi) is 8.93. The molecule has 1 aromatic rings. The number of piperidine rings is 1. The number of hydrogen-bond donors (Lipinski definition) is 2. The fourth-order valence-corrected chi connectivity index (χ4v) is 3.69. The maximum Gasteiger partial charge on any atom is 0.225 e. The molecule has 2 atom stereocenters. The monoisotopic (exact) mass is 389 g/mol. The van der Waals surface area contributed by atoms with Crippen LogP contribution in [-0.2, 0) is 11.8 Å². The highest BCUT2D eigenvalue weighted by Crippen LogP contribution is 2.28.